The van der Waals surface area contributed by atoms with Gasteiger partial charge in [-0.15, -0.1) is 0 Å². The second kappa shape index (κ2) is 5.95. The van der Waals surface area contributed by atoms with E-state index in [0.29, 0.717) is 31.4 Å². The minimum absolute atomic E-state index is 0.0924. The first-order valence-electron chi connectivity index (χ1n) is 6.26. The molecular weight excluding hydrogens is 234 g/mol. The Labute approximate surface area is 107 Å². The molecule has 1 heterocycles. The second-order valence-electron chi connectivity index (χ2n) is 4.58. The summed E-state index contributed by atoms with van der Waals surface area (Å²) in [7, 11) is 1.53. The maximum absolute atomic E-state index is 11.8. The number of hydrazone groups is 1. The maximum atomic E-state index is 11.8. The molecule has 1 aliphatic rings. The highest BCUT2D eigenvalue weighted by atomic mass is 16.3. The van der Waals surface area contributed by atoms with Gasteiger partial charge in [-0.2, -0.15) is 5.10 Å². The third-order valence-electron chi connectivity index (χ3n) is 3.36. The van der Waals surface area contributed by atoms with Crippen LogP contribution >= 0.6 is 0 Å². The zero-order chi connectivity index (χ0) is 13.8. The topological polar surface area (TPSA) is 82.0 Å². The molecule has 2 N–H and O–H groups in total. The molecule has 0 spiro atoms. The number of hydrogen-bond acceptors (Lipinski definition) is 4. The zero-order valence-electron chi connectivity index (χ0n) is 11.2. The molecule has 18 heavy (non-hydrogen) atoms. The molecule has 0 bridgehead atoms. The molecule has 0 atom stereocenters. The Morgan fingerprint density at radius 3 is 2.56 bits per heavy atom. The number of nitrogens with zero attached hydrogens (tertiary/aromatic N) is 2. The number of rotatable bonds is 5. The van der Waals surface area contributed by atoms with Gasteiger partial charge in [0.05, 0.1) is 5.60 Å². The lowest BCUT2D eigenvalue weighted by Gasteiger charge is -2.26. The third-order valence-corrected chi connectivity index (χ3v) is 3.36. The zero-order valence-corrected chi connectivity index (χ0v) is 11.2. The van der Waals surface area contributed by atoms with E-state index in [2.05, 4.69) is 10.4 Å². The van der Waals surface area contributed by atoms with Crippen LogP contribution in [0.5, 0.6) is 0 Å². The summed E-state index contributed by atoms with van der Waals surface area (Å²) in [5, 5.41) is 17.8. The van der Waals surface area contributed by atoms with Crippen molar-refractivity contribution in [1.82, 2.24) is 10.3 Å². The summed E-state index contributed by atoms with van der Waals surface area (Å²) >= 11 is 0. The normalized spacial score (nSPS) is 16.6. The van der Waals surface area contributed by atoms with E-state index in [9.17, 15) is 14.7 Å². The molecule has 0 aromatic heterocycles. The molecule has 0 unspecified atom stereocenters. The number of carbonyl (C=O) groups excluding carboxylic acids is 2. The van der Waals surface area contributed by atoms with Crippen molar-refractivity contribution in [1.29, 1.82) is 0 Å². The van der Waals surface area contributed by atoms with Gasteiger partial charge in [0.15, 0.2) is 0 Å². The SMILES string of the molecule is CCC(O)(CC)CNC(=O)C1=NN(C)C(=O)CC1. The fourth-order valence-electron chi connectivity index (χ4n) is 1.68. The van der Waals surface area contributed by atoms with Crippen molar-refractivity contribution in [2.24, 2.45) is 5.10 Å². The molecule has 102 valence electrons. The molecule has 1 aliphatic heterocycles. The van der Waals surface area contributed by atoms with Gasteiger partial charge in [-0.05, 0) is 12.8 Å². The highest BCUT2D eigenvalue weighted by molar-refractivity contribution is 6.39. The average molecular weight is 255 g/mol. The quantitative estimate of drug-likeness (QED) is 0.739. The van der Waals surface area contributed by atoms with Gasteiger partial charge in [-0.3, -0.25) is 9.59 Å². The average Bonchev–Trinajstić information content (AvgIpc) is 2.38. The Morgan fingerprint density at radius 1 is 1.44 bits per heavy atom. The smallest absolute Gasteiger partial charge is 0.267 e. The standard InChI is InChI=1S/C12H21N3O3/c1-4-12(18,5-2)8-13-11(17)9-6-7-10(16)15(3)14-9/h18H,4-8H2,1-3H3,(H,13,17). The fourth-order valence-corrected chi connectivity index (χ4v) is 1.68. The van der Waals surface area contributed by atoms with Gasteiger partial charge in [0.1, 0.15) is 5.71 Å². The number of nitrogens with one attached hydrogen (secondary N) is 1. The van der Waals surface area contributed by atoms with Gasteiger partial charge < -0.3 is 10.4 Å². The molecule has 0 saturated carbocycles. The van der Waals surface area contributed by atoms with Crippen LogP contribution in [0.1, 0.15) is 39.5 Å². The van der Waals surface area contributed by atoms with Gasteiger partial charge in [0.25, 0.3) is 5.91 Å². The van der Waals surface area contributed by atoms with Gasteiger partial charge in [0.2, 0.25) is 5.91 Å². The van der Waals surface area contributed by atoms with Gasteiger partial charge in [-0.25, -0.2) is 5.01 Å². The first-order chi connectivity index (χ1) is 8.41. The van der Waals surface area contributed by atoms with Crippen LogP contribution in [0.4, 0.5) is 0 Å². The van der Waals surface area contributed by atoms with Crippen molar-refractivity contribution in [3.8, 4) is 0 Å². The molecule has 6 heteroatoms. The molecule has 0 saturated heterocycles. The van der Waals surface area contributed by atoms with Gasteiger partial charge in [0, 0.05) is 26.4 Å². The molecule has 0 fully saturated rings. The summed E-state index contributed by atoms with van der Waals surface area (Å²) < 4.78 is 0. The highest BCUT2D eigenvalue weighted by Crippen LogP contribution is 2.13. The molecule has 0 aromatic carbocycles. The first kappa shape index (κ1) is 14.6. The van der Waals surface area contributed by atoms with Crippen molar-refractivity contribution < 1.29 is 14.7 Å². The van der Waals surface area contributed by atoms with Gasteiger partial charge in [-0.1, -0.05) is 13.8 Å². The largest absolute Gasteiger partial charge is 0.388 e. The Morgan fingerprint density at radius 2 is 2.06 bits per heavy atom. The highest BCUT2D eigenvalue weighted by Gasteiger charge is 2.26. The van der Waals surface area contributed by atoms with Gasteiger partial charge >= 0.3 is 0 Å². The van der Waals surface area contributed by atoms with Crippen LogP contribution in [0.25, 0.3) is 0 Å². The monoisotopic (exact) mass is 255 g/mol. The van der Waals surface area contributed by atoms with Crippen molar-refractivity contribution >= 4 is 17.5 Å². The molecular formula is C12H21N3O3. The number of hydrogen-bond donors (Lipinski definition) is 2. The molecule has 2 amide bonds. The molecule has 6 nitrogen and oxygen atoms in total. The van der Waals surface area contributed by atoms with Crippen LogP contribution in [0.2, 0.25) is 0 Å². The van der Waals surface area contributed by atoms with E-state index in [-0.39, 0.29) is 18.4 Å². The fraction of sp³-hybridized carbons (Fsp3) is 0.750. The minimum Gasteiger partial charge on any atom is -0.388 e. The lowest BCUT2D eigenvalue weighted by molar-refractivity contribution is -0.130. The Bertz CT molecular complexity index is 362. The predicted molar refractivity (Wildman–Crippen MR) is 68.0 cm³/mol. The van der Waals surface area contributed by atoms with Crippen LogP contribution in [0.3, 0.4) is 0 Å². The number of aliphatic hydroxyl groups is 1. The lowest BCUT2D eigenvalue weighted by atomic mass is 9.97. The summed E-state index contributed by atoms with van der Waals surface area (Å²) in [5.74, 6) is -0.403. The lowest BCUT2D eigenvalue weighted by Crippen LogP contribution is -2.45. The van der Waals surface area contributed by atoms with E-state index in [1.54, 1.807) is 0 Å². The van der Waals surface area contributed by atoms with E-state index in [0.717, 1.165) is 0 Å². The summed E-state index contributed by atoms with van der Waals surface area (Å²) in [5.41, 5.74) is -0.529. The number of amides is 2. The Kier molecular flexibility index (Phi) is 4.84. The molecule has 0 radical (unpaired) electrons. The van der Waals surface area contributed by atoms with E-state index in [4.69, 9.17) is 0 Å². The summed E-state index contributed by atoms with van der Waals surface area (Å²) in [6.45, 7) is 3.95. The van der Waals surface area contributed by atoms with Crippen LogP contribution in [-0.2, 0) is 9.59 Å². The molecule has 0 aromatic rings. The second-order valence-corrected chi connectivity index (χ2v) is 4.58. The third kappa shape index (κ3) is 3.53. The Hall–Kier alpha value is -1.43. The summed E-state index contributed by atoms with van der Waals surface area (Å²) in [4.78, 5) is 23.1. The van der Waals surface area contributed by atoms with E-state index >= 15 is 0 Å². The van der Waals surface area contributed by atoms with Crippen molar-refractivity contribution in [2.45, 2.75) is 45.1 Å². The maximum Gasteiger partial charge on any atom is 0.267 e. The van der Waals surface area contributed by atoms with E-state index in [1.165, 1.54) is 12.1 Å². The van der Waals surface area contributed by atoms with E-state index < -0.39 is 5.60 Å². The molecule has 1 rings (SSSR count). The van der Waals surface area contributed by atoms with Crippen molar-refractivity contribution in [3.05, 3.63) is 0 Å². The van der Waals surface area contributed by atoms with Crippen LogP contribution < -0.4 is 5.32 Å². The molecule has 0 aliphatic carbocycles. The van der Waals surface area contributed by atoms with E-state index in [1.807, 2.05) is 13.8 Å². The number of carbonyl (C=O) groups is 2. The van der Waals surface area contributed by atoms with Crippen LogP contribution in [0.15, 0.2) is 5.10 Å². The van der Waals surface area contributed by atoms with Crippen molar-refractivity contribution in [2.75, 3.05) is 13.6 Å². The summed E-state index contributed by atoms with van der Waals surface area (Å²) in [6.07, 6.45) is 1.81. The summed E-state index contributed by atoms with van der Waals surface area (Å²) in [6, 6.07) is 0. The van der Waals surface area contributed by atoms with Crippen LogP contribution in [0, 0.1) is 0 Å². The Balaban J connectivity index is 2.57. The van der Waals surface area contributed by atoms with Crippen LogP contribution in [-0.4, -0.2) is 46.8 Å². The first-order valence-corrected chi connectivity index (χ1v) is 6.26. The van der Waals surface area contributed by atoms with Crippen molar-refractivity contribution in [3.63, 3.8) is 0 Å². The minimum atomic E-state index is -0.868. The predicted octanol–water partition coefficient (Wildman–Crippen LogP) is 0.262.